The Balaban J connectivity index is 1.97. The Hall–Kier alpha value is -3.58. The lowest BCUT2D eigenvalue weighted by molar-refractivity contribution is 0.186. The van der Waals surface area contributed by atoms with Gasteiger partial charge in [0.1, 0.15) is 11.3 Å². The van der Waals surface area contributed by atoms with Crippen molar-refractivity contribution in [3.8, 4) is 22.6 Å². The van der Waals surface area contributed by atoms with Crippen LogP contribution in [-0.2, 0) is 18.3 Å². The van der Waals surface area contributed by atoms with E-state index in [1.54, 1.807) is 43.4 Å². The Labute approximate surface area is 179 Å². The Kier molecular flexibility index (Phi) is 5.52. The fourth-order valence-corrected chi connectivity index (χ4v) is 3.76. The molecule has 0 fully saturated rings. The van der Waals surface area contributed by atoms with Crippen molar-refractivity contribution in [2.75, 3.05) is 13.7 Å². The van der Waals surface area contributed by atoms with Gasteiger partial charge in [0.25, 0.3) is 11.1 Å². The van der Waals surface area contributed by atoms with Crippen LogP contribution in [0.2, 0.25) is 0 Å². The fraction of sp³-hybridized carbons (Fsp3) is 0.250. The summed E-state index contributed by atoms with van der Waals surface area (Å²) in [6, 6.07) is 9.35. The second-order valence-corrected chi connectivity index (χ2v) is 7.62. The van der Waals surface area contributed by atoms with Gasteiger partial charge in [0.2, 0.25) is 0 Å². The molecule has 0 radical (unpaired) electrons. The number of hydrogen-bond donors (Lipinski definition) is 1. The molecule has 0 atom stereocenters. The van der Waals surface area contributed by atoms with Crippen LogP contribution < -0.4 is 15.9 Å². The second-order valence-electron chi connectivity index (χ2n) is 7.62. The molecule has 0 saturated carbocycles. The minimum Gasteiger partial charge on any atom is -0.455 e. The first kappa shape index (κ1) is 20.7. The van der Waals surface area contributed by atoms with E-state index in [9.17, 15) is 9.59 Å². The third kappa shape index (κ3) is 3.80. The summed E-state index contributed by atoms with van der Waals surface area (Å²) in [6.07, 6.45) is 5.18. The van der Waals surface area contributed by atoms with Gasteiger partial charge in [-0.3, -0.25) is 9.59 Å². The first-order valence-electron chi connectivity index (χ1n) is 10.0. The molecule has 0 saturated heterocycles. The highest BCUT2D eigenvalue weighted by Gasteiger charge is 2.18. The van der Waals surface area contributed by atoms with E-state index < -0.39 is 0 Å². The van der Waals surface area contributed by atoms with E-state index in [1.807, 2.05) is 38.1 Å². The van der Waals surface area contributed by atoms with Crippen LogP contribution in [0.4, 0.5) is 0 Å². The second kappa shape index (κ2) is 8.28. The molecule has 0 bridgehead atoms. The van der Waals surface area contributed by atoms with Gasteiger partial charge < -0.3 is 23.6 Å². The topological polar surface area (TPSA) is 78.2 Å². The van der Waals surface area contributed by atoms with Gasteiger partial charge in [0.15, 0.2) is 5.75 Å². The van der Waals surface area contributed by atoms with E-state index in [0.717, 1.165) is 27.8 Å². The summed E-state index contributed by atoms with van der Waals surface area (Å²) >= 11 is 0. The van der Waals surface area contributed by atoms with Crippen molar-refractivity contribution in [1.82, 2.24) is 14.1 Å². The third-order valence-corrected chi connectivity index (χ3v) is 5.43. The van der Waals surface area contributed by atoms with Crippen molar-refractivity contribution >= 4 is 10.9 Å². The molecule has 0 aliphatic heterocycles. The summed E-state index contributed by atoms with van der Waals surface area (Å²) in [6.45, 7) is 4.79. The smallest absolute Gasteiger partial charge is 0.274 e. The summed E-state index contributed by atoms with van der Waals surface area (Å²) < 4.78 is 14.6. The zero-order chi connectivity index (χ0) is 22.1. The molecular weight excluding hydrogens is 394 g/mol. The monoisotopic (exact) mass is 419 g/mol. The average molecular weight is 419 g/mol. The van der Waals surface area contributed by atoms with Crippen molar-refractivity contribution in [1.29, 1.82) is 0 Å². The number of hydrogen-bond acceptors (Lipinski definition) is 4. The predicted molar refractivity (Wildman–Crippen MR) is 121 cm³/mol. The molecule has 0 spiro atoms. The number of methoxy groups -OCH3 is 1. The minimum absolute atomic E-state index is 0.130. The highest BCUT2D eigenvalue weighted by molar-refractivity contribution is 5.95. The maximum Gasteiger partial charge on any atom is 0.274 e. The first-order chi connectivity index (χ1) is 14.9. The minimum atomic E-state index is -0.168. The molecule has 3 aromatic heterocycles. The molecule has 31 heavy (non-hydrogen) atoms. The molecule has 160 valence electrons. The zero-order valence-corrected chi connectivity index (χ0v) is 18.1. The molecular formula is C24H25N3O4. The highest BCUT2D eigenvalue weighted by atomic mass is 16.5. The van der Waals surface area contributed by atoms with Crippen molar-refractivity contribution in [2.45, 2.75) is 20.4 Å². The average Bonchev–Trinajstić information content (AvgIpc) is 3.23. The lowest BCUT2D eigenvalue weighted by atomic mass is 10.0. The number of H-pyrrole nitrogens is 1. The van der Waals surface area contributed by atoms with E-state index in [2.05, 4.69) is 4.98 Å². The van der Waals surface area contributed by atoms with Gasteiger partial charge >= 0.3 is 0 Å². The number of nitrogens with one attached hydrogen (secondary N) is 1. The number of rotatable bonds is 6. The van der Waals surface area contributed by atoms with Crippen LogP contribution >= 0.6 is 0 Å². The molecule has 7 nitrogen and oxygen atoms in total. The number of benzene rings is 1. The molecule has 0 amide bonds. The van der Waals surface area contributed by atoms with Crippen LogP contribution in [0.15, 0.2) is 58.5 Å². The SMILES string of the molecule is COCCn1cc(Oc2c(C)cccc2C)c(-c2cn(C)c(=O)c3[nH]ccc23)cc1=O. The van der Waals surface area contributed by atoms with E-state index >= 15 is 0 Å². The molecule has 7 heteroatoms. The molecule has 0 aliphatic rings. The number of aromatic amines is 1. The largest absolute Gasteiger partial charge is 0.455 e. The maximum absolute atomic E-state index is 12.9. The van der Waals surface area contributed by atoms with Gasteiger partial charge in [-0.15, -0.1) is 0 Å². The van der Waals surface area contributed by atoms with E-state index in [4.69, 9.17) is 9.47 Å². The van der Waals surface area contributed by atoms with Gasteiger partial charge in [-0.05, 0) is 31.0 Å². The van der Waals surface area contributed by atoms with Crippen LogP contribution in [0, 0.1) is 13.8 Å². The molecule has 0 aliphatic carbocycles. The lowest BCUT2D eigenvalue weighted by Crippen LogP contribution is -2.22. The van der Waals surface area contributed by atoms with Crippen molar-refractivity contribution in [3.05, 3.63) is 80.8 Å². The lowest BCUT2D eigenvalue weighted by Gasteiger charge is -2.18. The number of para-hydroxylation sites is 1. The number of aromatic nitrogens is 3. The Bertz CT molecular complexity index is 1360. The fourth-order valence-electron chi connectivity index (χ4n) is 3.76. The standard InChI is InChI=1S/C24H25N3O4/c1-15-6-5-7-16(2)23(15)31-20-14-27(10-11-30-4)21(28)12-18(20)19-13-26(3)24(29)22-17(19)8-9-25-22/h5-9,12-14,25H,10-11H2,1-4H3. The number of fused-ring (bicyclic) bond motifs is 1. The molecule has 4 rings (SSSR count). The van der Waals surface area contributed by atoms with Crippen LogP contribution in [0.5, 0.6) is 11.5 Å². The van der Waals surface area contributed by atoms with Crippen molar-refractivity contribution < 1.29 is 9.47 Å². The van der Waals surface area contributed by atoms with Gasteiger partial charge in [0, 0.05) is 55.7 Å². The number of aryl methyl sites for hydroxylation is 3. The first-order valence-corrected chi connectivity index (χ1v) is 10.0. The summed E-state index contributed by atoms with van der Waals surface area (Å²) in [5, 5.41) is 0.739. The highest BCUT2D eigenvalue weighted by Crippen LogP contribution is 2.37. The summed E-state index contributed by atoms with van der Waals surface area (Å²) in [4.78, 5) is 28.4. The van der Waals surface area contributed by atoms with Crippen LogP contribution in [0.1, 0.15) is 11.1 Å². The Morgan fingerprint density at radius 1 is 1.03 bits per heavy atom. The summed E-state index contributed by atoms with van der Waals surface area (Å²) in [5.41, 5.74) is 3.55. The summed E-state index contributed by atoms with van der Waals surface area (Å²) in [5.74, 6) is 1.28. The molecule has 1 aromatic carbocycles. The van der Waals surface area contributed by atoms with E-state index in [0.29, 0.717) is 30.0 Å². The van der Waals surface area contributed by atoms with Crippen LogP contribution in [-0.4, -0.2) is 27.8 Å². The normalized spacial score (nSPS) is 11.2. The number of pyridine rings is 2. The third-order valence-electron chi connectivity index (χ3n) is 5.43. The Morgan fingerprint density at radius 3 is 2.48 bits per heavy atom. The quantitative estimate of drug-likeness (QED) is 0.516. The van der Waals surface area contributed by atoms with Gasteiger partial charge in [0.05, 0.1) is 12.8 Å². The van der Waals surface area contributed by atoms with E-state index in [1.165, 1.54) is 4.57 Å². The van der Waals surface area contributed by atoms with Crippen molar-refractivity contribution in [2.24, 2.45) is 7.05 Å². The molecule has 4 aromatic rings. The van der Waals surface area contributed by atoms with Gasteiger partial charge in [-0.25, -0.2) is 0 Å². The van der Waals surface area contributed by atoms with E-state index in [-0.39, 0.29) is 11.1 Å². The Morgan fingerprint density at radius 2 is 1.77 bits per heavy atom. The maximum atomic E-state index is 12.9. The predicted octanol–water partition coefficient (Wildman–Crippen LogP) is 3.75. The summed E-state index contributed by atoms with van der Waals surface area (Å²) in [7, 11) is 3.29. The number of ether oxygens (including phenoxy) is 2. The zero-order valence-electron chi connectivity index (χ0n) is 18.1. The van der Waals surface area contributed by atoms with Crippen LogP contribution in [0.3, 0.4) is 0 Å². The molecule has 0 unspecified atom stereocenters. The molecule has 3 heterocycles. The van der Waals surface area contributed by atoms with Crippen molar-refractivity contribution in [3.63, 3.8) is 0 Å². The van der Waals surface area contributed by atoms with Crippen LogP contribution in [0.25, 0.3) is 22.0 Å². The number of nitrogens with zero attached hydrogens (tertiary/aromatic N) is 2. The molecule has 1 N–H and O–H groups in total. The van der Waals surface area contributed by atoms with Gasteiger partial charge in [-0.2, -0.15) is 0 Å². The van der Waals surface area contributed by atoms with Gasteiger partial charge in [-0.1, -0.05) is 18.2 Å².